The normalized spacial score (nSPS) is 11.3. The van der Waals surface area contributed by atoms with Crippen molar-refractivity contribution < 1.29 is 19.1 Å². The van der Waals surface area contributed by atoms with Crippen LogP contribution in [0.1, 0.15) is 6.92 Å². The second kappa shape index (κ2) is 9.15. The number of amides is 2. The molecule has 0 fully saturated rings. The van der Waals surface area contributed by atoms with E-state index in [4.69, 9.17) is 32.7 Å². The highest BCUT2D eigenvalue weighted by molar-refractivity contribution is 6.32. The average Bonchev–Trinajstić information content (AvgIpc) is 2.61. The van der Waals surface area contributed by atoms with Gasteiger partial charge < -0.3 is 9.47 Å². The summed E-state index contributed by atoms with van der Waals surface area (Å²) >= 11 is 11.7. The van der Waals surface area contributed by atoms with Gasteiger partial charge in [-0.1, -0.05) is 35.3 Å². The maximum absolute atomic E-state index is 11.9. The van der Waals surface area contributed by atoms with Gasteiger partial charge >= 0.3 is 0 Å². The molecule has 0 aliphatic heterocycles. The lowest BCUT2D eigenvalue weighted by Gasteiger charge is -2.16. The van der Waals surface area contributed by atoms with Gasteiger partial charge in [-0.25, -0.2) is 0 Å². The largest absolute Gasteiger partial charge is 0.484 e. The minimum Gasteiger partial charge on any atom is -0.484 e. The van der Waals surface area contributed by atoms with E-state index in [9.17, 15) is 9.59 Å². The Morgan fingerprint density at radius 1 is 1.04 bits per heavy atom. The van der Waals surface area contributed by atoms with Gasteiger partial charge in [0.1, 0.15) is 11.5 Å². The molecule has 2 aromatic rings. The molecule has 2 rings (SSSR count). The lowest BCUT2D eigenvalue weighted by Crippen LogP contribution is -2.48. The molecule has 0 bridgehead atoms. The second-order valence-electron chi connectivity index (χ2n) is 4.97. The number of carbonyl (C=O) groups is 2. The van der Waals surface area contributed by atoms with E-state index in [0.717, 1.165) is 0 Å². The minimum absolute atomic E-state index is 0.262. The van der Waals surface area contributed by atoms with Gasteiger partial charge in [0.05, 0.1) is 5.02 Å². The summed E-state index contributed by atoms with van der Waals surface area (Å²) in [6.07, 6.45) is -0.850. The number of carbonyl (C=O) groups excluding carboxylic acids is 2. The van der Waals surface area contributed by atoms with Crippen molar-refractivity contribution in [1.29, 1.82) is 0 Å². The lowest BCUT2D eigenvalue weighted by molar-refractivity contribution is -0.133. The summed E-state index contributed by atoms with van der Waals surface area (Å²) in [6.45, 7) is 1.27. The van der Waals surface area contributed by atoms with Crippen molar-refractivity contribution >= 4 is 35.0 Å². The third kappa shape index (κ3) is 6.17. The zero-order chi connectivity index (χ0) is 18.2. The molecule has 0 aromatic heterocycles. The first kappa shape index (κ1) is 18.9. The van der Waals surface area contributed by atoms with Crippen LogP contribution in [-0.4, -0.2) is 24.5 Å². The fourth-order valence-electron chi connectivity index (χ4n) is 1.73. The zero-order valence-electron chi connectivity index (χ0n) is 13.3. The Labute approximate surface area is 155 Å². The van der Waals surface area contributed by atoms with E-state index in [1.54, 1.807) is 48.5 Å². The molecule has 0 heterocycles. The number of hydrogen-bond acceptors (Lipinski definition) is 4. The van der Waals surface area contributed by atoms with Gasteiger partial charge in [0.15, 0.2) is 12.7 Å². The first-order chi connectivity index (χ1) is 12.0. The van der Waals surface area contributed by atoms with Crippen LogP contribution in [0, 0.1) is 0 Å². The van der Waals surface area contributed by atoms with Crippen LogP contribution in [0.15, 0.2) is 48.5 Å². The number of hydrogen-bond donors (Lipinski definition) is 2. The number of halogens is 2. The molecule has 0 radical (unpaired) electrons. The molecule has 0 saturated carbocycles. The number of hydrazine groups is 1. The van der Waals surface area contributed by atoms with E-state index in [-0.39, 0.29) is 6.61 Å². The second-order valence-corrected chi connectivity index (χ2v) is 5.81. The van der Waals surface area contributed by atoms with E-state index >= 15 is 0 Å². The highest BCUT2D eigenvalue weighted by atomic mass is 35.5. The van der Waals surface area contributed by atoms with Crippen LogP contribution in [0.2, 0.25) is 10.0 Å². The van der Waals surface area contributed by atoms with Crippen molar-refractivity contribution in [1.82, 2.24) is 10.9 Å². The van der Waals surface area contributed by atoms with E-state index in [1.807, 2.05) is 0 Å². The number of para-hydroxylation sites is 1. The molecule has 1 atom stereocenters. The van der Waals surface area contributed by atoms with Crippen LogP contribution in [0.5, 0.6) is 11.5 Å². The summed E-state index contributed by atoms with van der Waals surface area (Å²) in [5.41, 5.74) is 4.50. The summed E-state index contributed by atoms with van der Waals surface area (Å²) in [4.78, 5) is 23.6. The number of rotatable bonds is 6. The Hall–Kier alpha value is -2.44. The highest BCUT2D eigenvalue weighted by Crippen LogP contribution is 2.24. The molecule has 0 aliphatic carbocycles. The lowest BCUT2D eigenvalue weighted by atomic mass is 10.3. The quantitative estimate of drug-likeness (QED) is 0.752. The van der Waals surface area contributed by atoms with Crippen molar-refractivity contribution in [2.45, 2.75) is 13.0 Å². The highest BCUT2D eigenvalue weighted by Gasteiger charge is 2.16. The van der Waals surface area contributed by atoms with Crippen molar-refractivity contribution in [3.63, 3.8) is 0 Å². The van der Waals surface area contributed by atoms with Gasteiger partial charge in [-0.05, 0) is 43.3 Å². The number of nitrogens with one attached hydrogen (secondary N) is 2. The molecule has 2 N–H and O–H groups in total. The summed E-state index contributed by atoms with van der Waals surface area (Å²) < 4.78 is 10.7. The first-order valence-electron chi connectivity index (χ1n) is 7.34. The maximum atomic E-state index is 11.9. The Morgan fingerprint density at radius 2 is 1.72 bits per heavy atom. The molecule has 132 valence electrons. The van der Waals surface area contributed by atoms with Gasteiger partial charge in [0, 0.05) is 5.02 Å². The Balaban J connectivity index is 1.74. The van der Waals surface area contributed by atoms with Crippen molar-refractivity contribution in [2.75, 3.05) is 6.61 Å². The first-order valence-corrected chi connectivity index (χ1v) is 8.09. The molecule has 2 amide bonds. The van der Waals surface area contributed by atoms with Gasteiger partial charge in [-0.15, -0.1) is 0 Å². The third-order valence-corrected chi connectivity index (χ3v) is 3.58. The van der Waals surface area contributed by atoms with Crippen LogP contribution in [0.3, 0.4) is 0 Å². The monoisotopic (exact) mass is 382 g/mol. The standard InChI is InChI=1S/C17H16Cl2N2O4/c1-11(25-15-5-3-2-4-14(15)19)17(23)21-20-16(22)10-24-13-8-6-12(18)7-9-13/h2-9,11H,10H2,1H3,(H,20,22)(H,21,23). The molecule has 25 heavy (non-hydrogen) atoms. The van der Waals surface area contributed by atoms with Crippen LogP contribution in [0.25, 0.3) is 0 Å². The van der Waals surface area contributed by atoms with Gasteiger partial charge in [0.2, 0.25) is 0 Å². The van der Waals surface area contributed by atoms with Crippen molar-refractivity contribution in [3.8, 4) is 11.5 Å². The SMILES string of the molecule is CC(Oc1ccccc1Cl)C(=O)NNC(=O)COc1ccc(Cl)cc1. The molecule has 0 saturated heterocycles. The van der Waals surface area contributed by atoms with E-state index in [0.29, 0.717) is 21.5 Å². The topological polar surface area (TPSA) is 76.7 Å². The molecule has 0 spiro atoms. The van der Waals surface area contributed by atoms with E-state index in [2.05, 4.69) is 10.9 Å². The fourth-order valence-corrected chi connectivity index (χ4v) is 2.04. The van der Waals surface area contributed by atoms with Gasteiger partial charge in [0.25, 0.3) is 11.8 Å². The van der Waals surface area contributed by atoms with Crippen LogP contribution in [-0.2, 0) is 9.59 Å². The van der Waals surface area contributed by atoms with Crippen LogP contribution >= 0.6 is 23.2 Å². The molecule has 8 heteroatoms. The van der Waals surface area contributed by atoms with Gasteiger partial charge in [-0.3, -0.25) is 20.4 Å². The predicted molar refractivity (Wildman–Crippen MR) is 94.8 cm³/mol. The van der Waals surface area contributed by atoms with Crippen molar-refractivity contribution in [3.05, 3.63) is 58.6 Å². The fraction of sp³-hybridized carbons (Fsp3) is 0.176. The van der Waals surface area contributed by atoms with Crippen LogP contribution < -0.4 is 20.3 Å². The average molecular weight is 383 g/mol. The van der Waals surface area contributed by atoms with Crippen molar-refractivity contribution in [2.24, 2.45) is 0 Å². The van der Waals surface area contributed by atoms with E-state index < -0.39 is 17.9 Å². The Morgan fingerprint density at radius 3 is 2.40 bits per heavy atom. The summed E-state index contributed by atoms with van der Waals surface area (Å²) in [5, 5.41) is 0.958. The zero-order valence-corrected chi connectivity index (χ0v) is 14.8. The molecule has 6 nitrogen and oxygen atoms in total. The Bertz CT molecular complexity index is 738. The minimum atomic E-state index is -0.850. The maximum Gasteiger partial charge on any atom is 0.279 e. The third-order valence-electron chi connectivity index (χ3n) is 3.02. The van der Waals surface area contributed by atoms with Crippen LogP contribution in [0.4, 0.5) is 0 Å². The molecular weight excluding hydrogens is 367 g/mol. The smallest absolute Gasteiger partial charge is 0.279 e. The summed E-state index contributed by atoms with van der Waals surface area (Å²) in [6, 6.07) is 13.3. The summed E-state index contributed by atoms with van der Waals surface area (Å²) in [5.74, 6) is -0.182. The molecule has 2 aromatic carbocycles. The molecule has 1 unspecified atom stereocenters. The number of benzene rings is 2. The molecular formula is C17H16Cl2N2O4. The Kier molecular flexibility index (Phi) is 6.91. The number of ether oxygens (including phenoxy) is 2. The predicted octanol–water partition coefficient (Wildman–Crippen LogP) is 2.99. The summed E-state index contributed by atoms with van der Waals surface area (Å²) in [7, 11) is 0. The van der Waals surface area contributed by atoms with E-state index in [1.165, 1.54) is 6.92 Å². The molecule has 0 aliphatic rings. The van der Waals surface area contributed by atoms with Gasteiger partial charge in [-0.2, -0.15) is 0 Å².